The third-order valence-corrected chi connectivity index (χ3v) is 5.00. The van der Waals surface area contributed by atoms with Crippen molar-refractivity contribution in [3.63, 3.8) is 0 Å². The molecule has 4 rings (SSSR count). The molecule has 1 fully saturated rings. The number of aliphatic hydroxyl groups is 1. The van der Waals surface area contributed by atoms with Crippen LogP contribution in [0.3, 0.4) is 0 Å². The van der Waals surface area contributed by atoms with Crippen LogP contribution in [0, 0.1) is 5.82 Å². The van der Waals surface area contributed by atoms with Gasteiger partial charge in [-0.05, 0) is 48.4 Å². The Bertz CT molecular complexity index is 1080. The van der Waals surface area contributed by atoms with Gasteiger partial charge >= 0.3 is 0 Å². The van der Waals surface area contributed by atoms with E-state index in [1.807, 2.05) is 19.1 Å². The van der Waals surface area contributed by atoms with E-state index in [4.69, 9.17) is 4.42 Å². The van der Waals surface area contributed by atoms with Crippen LogP contribution < -0.4 is 4.90 Å². The summed E-state index contributed by atoms with van der Waals surface area (Å²) in [6, 6.07) is 14.7. The highest BCUT2D eigenvalue weighted by molar-refractivity contribution is 6.51. The number of anilines is 1. The smallest absolute Gasteiger partial charge is 0.300 e. The summed E-state index contributed by atoms with van der Waals surface area (Å²) in [6.45, 7) is 2.01. The molecular formula is C23H18FNO4. The molecule has 2 aromatic carbocycles. The van der Waals surface area contributed by atoms with Crippen LogP contribution in [0.4, 0.5) is 10.1 Å². The van der Waals surface area contributed by atoms with Crippen LogP contribution in [0.15, 0.2) is 76.9 Å². The van der Waals surface area contributed by atoms with E-state index in [0.717, 1.165) is 12.0 Å². The summed E-state index contributed by atoms with van der Waals surface area (Å²) in [4.78, 5) is 26.9. The number of halogens is 1. The molecule has 1 N–H and O–H groups in total. The van der Waals surface area contributed by atoms with Crippen LogP contribution in [0.5, 0.6) is 0 Å². The van der Waals surface area contributed by atoms with E-state index in [2.05, 4.69) is 0 Å². The second-order valence-electron chi connectivity index (χ2n) is 6.71. The fourth-order valence-electron chi connectivity index (χ4n) is 3.47. The summed E-state index contributed by atoms with van der Waals surface area (Å²) in [5.41, 5.74) is 1.76. The molecule has 6 heteroatoms. The van der Waals surface area contributed by atoms with Crippen molar-refractivity contribution in [1.82, 2.24) is 0 Å². The van der Waals surface area contributed by atoms with Crippen molar-refractivity contribution in [2.24, 2.45) is 0 Å². The number of rotatable bonds is 4. The first kappa shape index (κ1) is 18.7. The van der Waals surface area contributed by atoms with Crippen LogP contribution in [-0.2, 0) is 16.0 Å². The molecule has 2 heterocycles. The van der Waals surface area contributed by atoms with Gasteiger partial charge in [0.15, 0.2) is 0 Å². The molecule has 0 spiro atoms. The van der Waals surface area contributed by atoms with Crippen molar-refractivity contribution in [1.29, 1.82) is 0 Å². The molecule has 1 aromatic heterocycles. The number of Topliss-reactive ketones (excluding diaryl/α,β-unsaturated/α-hetero) is 1. The number of benzene rings is 2. The lowest BCUT2D eigenvalue weighted by molar-refractivity contribution is -0.132. The fourth-order valence-corrected chi connectivity index (χ4v) is 3.47. The predicted molar refractivity (Wildman–Crippen MR) is 106 cm³/mol. The Morgan fingerprint density at radius 2 is 1.76 bits per heavy atom. The number of carbonyl (C=O) groups excluding carboxylic acids is 2. The van der Waals surface area contributed by atoms with Gasteiger partial charge in [0.25, 0.3) is 11.7 Å². The summed E-state index contributed by atoms with van der Waals surface area (Å²) in [5, 5.41) is 10.9. The van der Waals surface area contributed by atoms with Crippen LogP contribution in [-0.4, -0.2) is 16.8 Å². The second-order valence-corrected chi connectivity index (χ2v) is 6.71. The lowest BCUT2D eigenvalue weighted by Gasteiger charge is -2.23. The summed E-state index contributed by atoms with van der Waals surface area (Å²) >= 11 is 0. The molecule has 29 heavy (non-hydrogen) atoms. The van der Waals surface area contributed by atoms with Crippen molar-refractivity contribution in [2.75, 3.05) is 4.90 Å². The number of nitrogens with zero attached hydrogens (tertiary/aromatic N) is 1. The first-order valence-electron chi connectivity index (χ1n) is 9.20. The molecule has 1 atom stereocenters. The first-order valence-corrected chi connectivity index (χ1v) is 9.20. The van der Waals surface area contributed by atoms with E-state index >= 15 is 0 Å². The molecule has 1 amide bonds. The highest BCUT2D eigenvalue weighted by Gasteiger charge is 2.48. The highest BCUT2D eigenvalue weighted by atomic mass is 19.1. The largest absolute Gasteiger partial charge is 0.507 e. The monoisotopic (exact) mass is 391 g/mol. The van der Waals surface area contributed by atoms with E-state index in [1.54, 1.807) is 24.3 Å². The van der Waals surface area contributed by atoms with E-state index in [9.17, 15) is 19.1 Å². The number of furan rings is 1. The standard InChI is InChI=1S/C23H18FNO4/c1-2-14-5-7-15(8-6-14)21(26)19-20(18-4-3-13-29-18)25(23(28)22(19)27)17-11-9-16(24)10-12-17/h3-13,20,26H,2H2,1H3/b21-19-. The number of hydrogen-bond acceptors (Lipinski definition) is 4. The van der Waals surface area contributed by atoms with Crippen LogP contribution >= 0.6 is 0 Å². The van der Waals surface area contributed by atoms with E-state index < -0.39 is 23.5 Å². The molecule has 1 aliphatic rings. The minimum atomic E-state index is -0.957. The third-order valence-electron chi connectivity index (χ3n) is 5.00. The Labute approximate surface area is 166 Å². The van der Waals surface area contributed by atoms with Gasteiger partial charge in [-0.3, -0.25) is 14.5 Å². The van der Waals surface area contributed by atoms with E-state index in [0.29, 0.717) is 17.0 Å². The van der Waals surface area contributed by atoms with Crippen LogP contribution in [0.1, 0.15) is 29.9 Å². The molecular weight excluding hydrogens is 373 g/mol. The molecule has 0 aliphatic carbocycles. The van der Waals surface area contributed by atoms with Gasteiger partial charge in [-0.1, -0.05) is 31.2 Å². The highest BCUT2D eigenvalue weighted by Crippen LogP contribution is 2.42. The van der Waals surface area contributed by atoms with Gasteiger partial charge in [-0.15, -0.1) is 0 Å². The van der Waals surface area contributed by atoms with Gasteiger partial charge in [0, 0.05) is 11.3 Å². The van der Waals surface area contributed by atoms with Gasteiger partial charge in [0.2, 0.25) is 0 Å². The number of aryl methyl sites for hydroxylation is 1. The molecule has 5 nitrogen and oxygen atoms in total. The summed E-state index contributed by atoms with van der Waals surface area (Å²) in [5.74, 6) is -2.06. The average molecular weight is 391 g/mol. The molecule has 146 valence electrons. The van der Waals surface area contributed by atoms with Gasteiger partial charge in [0.1, 0.15) is 23.4 Å². The minimum Gasteiger partial charge on any atom is -0.507 e. The molecule has 1 saturated heterocycles. The Morgan fingerprint density at radius 1 is 1.07 bits per heavy atom. The lowest BCUT2D eigenvalue weighted by atomic mass is 9.98. The Kier molecular flexibility index (Phi) is 4.76. The summed E-state index contributed by atoms with van der Waals surface area (Å²) < 4.78 is 18.8. The molecule has 0 radical (unpaired) electrons. The van der Waals surface area contributed by atoms with Crippen molar-refractivity contribution in [3.8, 4) is 0 Å². The van der Waals surface area contributed by atoms with Crippen LogP contribution in [0.2, 0.25) is 0 Å². The van der Waals surface area contributed by atoms with E-state index in [1.165, 1.54) is 35.4 Å². The maximum Gasteiger partial charge on any atom is 0.300 e. The average Bonchev–Trinajstić information content (AvgIpc) is 3.36. The maximum absolute atomic E-state index is 13.4. The van der Waals surface area contributed by atoms with Gasteiger partial charge in [-0.2, -0.15) is 0 Å². The SMILES string of the molecule is CCc1ccc(/C(O)=C2/C(=O)C(=O)N(c3ccc(F)cc3)C2c2ccco2)cc1. The van der Waals surface area contributed by atoms with Crippen molar-refractivity contribution < 1.29 is 23.5 Å². The van der Waals surface area contributed by atoms with Gasteiger partial charge in [0.05, 0.1) is 11.8 Å². The summed E-state index contributed by atoms with van der Waals surface area (Å²) in [7, 11) is 0. The second kappa shape index (κ2) is 7.39. The lowest BCUT2D eigenvalue weighted by Crippen LogP contribution is -2.29. The maximum atomic E-state index is 13.4. The third kappa shape index (κ3) is 3.23. The Balaban J connectivity index is 1.88. The molecule has 0 saturated carbocycles. The van der Waals surface area contributed by atoms with E-state index in [-0.39, 0.29) is 11.3 Å². The Morgan fingerprint density at radius 3 is 2.34 bits per heavy atom. The van der Waals surface area contributed by atoms with Gasteiger partial charge < -0.3 is 9.52 Å². The summed E-state index contributed by atoms with van der Waals surface area (Å²) in [6.07, 6.45) is 2.26. The first-order chi connectivity index (χ1) is 14.0. The van der Waals surface area contributed by atoms with Crippen LogP contribution in [0.25, 0.3) is 5.76 Å². The number of carbonyl (C=O) groups is 2. The van der Waals surface area contributed by atoms with Gasteiger partial charge in [-0.25, -0.2) is 4.39 Å². The number of aliphatic hydroxyl groups excluding tert-OH is 1. The fraction of sp³-hybridized carbons (Fsp3) is 0.130. The molecule has 1 unspecified atom stereocenters. The van der Waals surface area contributed by atoms with Crippen molar-refractivity contribution in [3.05, 3.63) is 95.2 Å². The minimum absolute atomic E-state index is 0.0708. The zero-order valence-electron chi connectivity index (χ0n) is 15.6. The zero-order chi connectivity index (χ0) is 20.5. The predicted octanol–water partition coefficient (Wildman–Crippen LogP) is 4.61. The quantitative estimate of drug-likeness (QED) is 0.401. The molecule has 1 aliphatic heterocycles. The molecule has 3 aromatic rings. The topological polar surface area (TPSA) is 70.8 Å². The Hall–Kier alpha value is -3.67. The van der Waals surface area contributed by atoms with Crippen molar-refractivity contribution in [2.45, 2.75) is 19.4 Å². The normalized spacial score (nSPS) is 18.4. The zero-order valence-corrected chi connectivity index (χ0v) is 15.6. The molecule has 0 bridgehead atoms. The number of hydrogen-bond donors (Lipinski definition) is 1. The van der Waals surface area contributed by atoms with Crippen molar-refractivity contribution >= 4 is 23.1 Å². The number of ketones is 1. The number of amides is 1.